The van der Waals surface area contributed by atoms with E-state index in [1.54, 1.807) is 13.1 Å². The highest BCUT2D eigenvalue weighted by atomic mass is 16.1. The lowest BCUT2D eigenvalue weighted by Crippen LogP contribution is -2.19. The highest BCUT2D eigenvalue weighted by molar-refractivity contribution is 5.91. The summed E-state index contributed by atoms with van der Waals surface area (Å²) < 4.78 is 0. The van der Waals surface area contributed by atoms with Crippen LogP contribution in [0.3, 0.4) is 0 Å². The molecule has 0 aliphatic carbocycles. The molecular formula is C6H8N3O. The molecule has 0 bridgehead atoms. The van der Waals surface area contributed by atoms with Gasteiger partial charge in [0.05, 0.1) is 12.0 Å². The van der Waals surface area contributed by atoms with E-state index in [4.69, 9.17) is 5.73 Å². The van der Waals surface area contributed by atoms with Crippen molar-refractivity contribution in [3.05, 3.63) is 24.1 Å². The molecule has 4 heteroatoms. The maximum Gasteiger partial charge on any atom is 0.230 e. The molecule has 0 unspecified atom stereocenters. The standard InChI is InChI=1S/C6H8N3O/c1-4(6(7)10)5-2-8-3-9-5/h2-3H,1H3,(H2,7,10)(H,8,9). The number of rotatable bonds is 2. The summed E-state index contributed by atoms with van der Waals surface area (Å²) in [6.45, 7) is 1.64. The summed E-state index contributed by atoms with van der Waals surface area (Å²) in [6, 6.07) is 0. The first-order valence-electron chi connectivity index (χ1n) is 2.84. The monoisotopic (exact) mass is 138 g/mol. The zero-order valence-corrected chi connectivity index (χ0v) is 5.59. The molecule has 1 amide bonds. The van der Waals surface area contributed by atoms with Crippen LogP contribution < -0.4 is 5.73 Å². The minimum absolute atomic E-state index is 0.438. The van der Waals surface area contributed by atoms with Crippen molar-refractivity contribution in [2.75, 3.05) is 0 Å². The largest absolute Gasteiger partial charge is 0.369 e. The number of hydrogen-bond acceptors (Lipinski definition) is 2. The first kappa shape index (κ1) is 6.80. The smallest absolute Gasteiger partial charge is 0.230 e. The van der Waals surface area contributed by atoms with Crippen molar-refractivity contribution in [1.82, 2.24) is 9.97 Å². The van der Waals surface area contributed by atoms with Crippen LogP contribution in [0, 0.1) is 5.92 Å². The van der Waals surface area contributed by atoms with Gasteiger partial charge in [-0.05, 0) is 6.92 Å². The molecule has 4 nitrogen and oxygen atoms in total. The van der Waals surface area contributed by atoms with Crippen LogP contribution in [0.1, 0.15) is 12.6 Å². The van der Waals surface area contributed by atoms with E-state index < -0.39 is 5.91 Å². The molecule has 3 N–H and O–H groups in total. The van der Waals surface area contributed by atoms with Gasteiger partial charge in [-0.15, -0.1) is 0 Å². The van der Waals surface area contributed by atoms with Crippen LogP contribution in [0.25, 0.3) is 0 Å². The van der Waals surface area contributed by atoms with Crippen molar-refractivity contribution in [3.63, 3.8) is 0 Å². The average Bonchev–Trinajstić information content (AvgIpc) is 2.36. The Morgan fingerprint density at radius 3 is 2.90 bits per heavy atom. The third-order valence-corrected chi connectivity index (χ3v) is 1.25. The number of nitrogens with zero attached hydrogens (tertiary/aromatic N) is 1. The van der Waals surface area contributed by atoms with Crippen LogP contribution in [0.5, 0.6) is 0 Å². The predicted molar refractivity (Wildman–Crippen MR) is 35.8 cm³/mol. The molecular weight excluding hydrogens is 130 g/mol. The van der Waals surface area contributed by atoms with Crippen molar-refractivity contribution < 1.29 is 4.79 Å². The van der Waals surface area contributed by atoms with Gasteiger partial charge >= 0.3 is 0 Å². The summed E-state index contributed by atoms with van der Waals surface area (Å²) in [7, 11) is 0. The fourth-order valence-corrected chi connectivity index (χ4v) is 0.592. The van der Waals surface area contributed by atoms with Gasteiger partial charge in [0.1, 0.15) is 5.92 Å². The quantitative estimate of drug-likeness (QED) is 0.596. The van der Waals surface area contributed by atoms with Gasteiger partial charge in [-0.1, -0.05) is 0 Å². The zero-order chi connectivity index (χ0) is 7.56. The minimum atomic E-state index is -0.438. The fourth-order valence-electron chi connectivity index (χ4n) is 0.592. The van der Waals surface area contributed by atoms with Crippen LogP contribution in [-0.4, -0.2) is 15.9 Å². The van der Waals surface area contributed by atoms with E-state index in [2.05, 4.69) is 9.97 Å². The van der Waals surface area contributed by atoms with Crippen molar-refractivity contribution in [1.29, 1.82) is 0 Å². The maximum absolute atomic E-state index is 10.5. The number of primary amides is 1. The van der Waals surface area contributed by atoms with Crippen molar-refractivity contribution in [2.45, 2.75) is 6.92 Å². The summed E-state index contributed by atoms with van der Waals surface area (Å²) in [4.78, 5) is 17.1. The van der Waals surface area contributed by atoms with Gasteiger partial charge in [-0.3, -0.25) is 4.79 Å². The molecule has 0 saturated carbocycles. The zero-order valence-electron chi connectivity index (χ0n) is 5.59. The Hall–Kier alpha value is -1.32. The average molecular weight is 138 g/mol. The highest BCUT2D eigenvalue weighted by Crippen LogP contribution is 2.07. The van der Waals surface area contributed by atoms with Crippen LogP contribution >= 0.6 is 0 Å². The normalized spacial score (nSPS) is 10.2. The van der Waals surface area contributed by atoms with E-state index >= 15 is 0 Å². The molecule has 0 aliphatic heterocycles. The van der Waals surface area contributed by atoms with Gasteiger partial charge in [-0.25, -0.2) is 4.98 Å². The second kappa shape index (κ2) is 2.51. The van der Waals surface area contributed by atoms with Crippen molar-refractivity contribution in [3.8, 4) is 0 Å². The number of carbonyl (C=O) groups is 1. The number of nitrogens with two attached hydrogens (primary N) is 1. The first-order chi connectivity index (χ1) is 4.72. The van der Waals surface area contributed by atoms with E-state index in [9.17, 15) is 4.79 Å². The topological polar surface area (TPSA) is 71.8 Å². The van der Waals surface area contributed by atoms with E-state index in [1.807, 2.05) is 0 Å². The van der Waals surface area contributed by atoms with Gasteiger partial charge in [0.2, 0.25) is 5.91 Å². The van der Waals surface area contributed by atoms with Gasteiger partial charge in [0.25, 0.3) is 0 Å². The molecule has 1 aromatic rings. The minimum Gasteiger partial charge on any atom is -0.369 e. The molecule has 0 aromatic carbocycles. The van der Waals surface area contributed by atoms with Gasteiger partial charge < -0.3 is 10.7 Å². The van der Waals surface area contributed by atoms with Crippen molar-refractivity contribution in [2.24, 2.45) is 5.73 Å². The van der Waals surface area contributed by atoms with E-state index in [-0.39, 0.29) is 0 Å². The van der Waals surface area contributed by atoms with E-state index in [0.29, 0.717) is 11.6 Å². The Labute approximate surface area is 58.5 Å². The number of H-pyrrole nitrogens is 1. The Kier molecular flexibility index (Phi) is 1.71. The number of aromatic nitrogens is 2. The van der Waals surface area contributed by atoms with Crippen LogP contribution in [0.15, 0.2) is 12.5 Å². The molecule has 1 aromatic heterocycles. The third kappa shape index (κ3) is 1.15. The second-order valence-corrected chi connectivity index (χ2v) is 1.94. The SMILES string of the molecule is C[C](C(N)=O)c1c[nH]cn1. The molecule has 0 saturated heterocycles. The highest BCUT2D eigenvalue weighted by Gasteiger charge is 2.13. The Balaban J connectivity index is 2.77. The summed E-state index contributed by atoms with van der Waals surface area (Å²) in [5, 5.41) is 0. The Bertz CT molecular complexity index is 217. The van der Waals surface area contributed by atoms with Gasteiger partial charge in [0.15, 0.2) is 0 Å². The summed E-state index contributed by atoms with van der Waals surface area (Å²) in [5.74, 6) is 0.0355. The molecule has 1 radical (unpaired) electrons. The summed E-state index contributed by atoms with van der Waals surface area (Å²) in [6.07, 6.45) is 3.13. The fraction of sp³-hybridized carbons (Fsp3) is 0.167. The van der Waals surface area contributed by atoms with E-state index in [0.717, 1.165) is 0 Å². The molecule has 1 rings (SSSR count). The number of nitrogens with one attached hydrogen (secondary N) is 1. The lowest BCUT2D eigenvalue weighted by atomic mass is 10.1. The number of amides is 1. The number of carbonyl (C=O) groups excluding carboxylic acids is 1. The summed E-state index contributed by atoms with van der Waals surface area (Å²) >= 11 is 0. The maximum atomic E-state index is 10.5. The molecule has 0 spiro atoms. The van der Waals surface area contributed by atoms with Gasteiger partial charge in [-0.2, -0.15) is 0 Å². The summed E-state index contributed by atoms with van der Waals surface area (Å²) in [5.41, 5.74) is 5.60. The van der Waals surface area contributed by atoms with Gasteiger partial charge in [0, 0.05) is 6.20 Å². The first-order valence-corrected chi connectivity index (χ1v) is 2.84. The predicted octanol–water partition coefficient (Wildman–Crippen LogP) is -0.163. The van der Waals surface area contributed by atoms with Crippen LogP contribution in [0.2, 0.25) is 0 Å². The number of aromatic amines is 1. The lowest BCUT2D eigenvalue weighted by Gasteiger charge is -1.98. The molecule has 0 aliphatic rings. The lowest BCUT2D eigenvalue weighted by molar-refractivity contribution is -0.115. The second-order valence-electron chi connectivity index (χ2n) is 1.94. The third-order valence-electron chi connectivity index (χ3n) is 1.25. The van der Waals surface area contributed by atoms with Crippen LogP contribution in [-0.2, 0) is 4.79 Å². The molecule has 53 valence electrons. The Morgan fingerprint density at radius 1 is 1.80 bits per heavy atom. The molecule has 1 heterocycles. The number of imidazole rings is 1. The number of hydrogen-bond donors (Lipinski definition) is 2. The Morgan fingerprint density at radius 2 is 2.50 bits per heavy atom. The van der Waals surface area contributed by atoms with Crippen LogP contribution in [0.4, 0.5) is 0 Å². The van der Waals surface area contributed by atoms with Crippen molar-refractivity contribution >= 4 is 5.91 Å². The van der Waals surface area contributed by atoms with E-state index in [1.165, 1.54) is 6.33 Å². The molecule has 10 heavy (non-hydrogen) atoms. The molecule has 0 atom stereocenters. The molecule has 0 fully saturated rings.